The number of thioether (sulfide) groups is 1. The van der Waals surface area contributed by atoms with Crippen LogP contribution >= 0.6 is 11.8 Å². The van der Waals surface area contributed by atoms with E-state index in [9.17, 15) is 4.79 Å². The summed E-state index contributed by atoms with van der Waals surface area (Å²) in [5.74, 6) is 2.18. The van der Waals surface area contributed by atoms with Crippen LogP contribution in [0, 0.1) is 0 Å². The van der Waals surface area contributed by atoms with E-state index in [0.717, 1.165) is 11.3 Å². The van der Waals surface area contributed by atoms with E-state index in [2.05, 4.69) is 10.2 Å². The van der Waals surface area contributed by atoms with Crippen LogP contribution in [0.4, 0.5) is 0 Å². The van der Waals surface area contributed by atoms with Crippen LogP contribution in [0.25, 0.3) is 0 Å². The third-order valence-corrected chi connectivity index (χ3v) is 6.26. The van der Waals surface area contributed by atoms with E-state index < -0.39 is 5.25 Å². The topological polar surface area (TPSA) is 66.2 Å². The lowest BCUT2D eigenvalue weighted by Crippen LogP contribution is -2.11. The van der Waals surface area contributed by atoms with Crippen molar-refractivity contribution in [2.45, 2.75) is 17.0 Å². The highest BCUT2D eigenvalue weighted by Crippen LogP contribution is 2.37. The normalized spacial score (nSPS) is 11.7. The molecule has 0 saturated heterocycles. The molecule has 0 radical (unpaired) electrons. The number of hydrogen-bond donors (Lipinski definition) is 0. The Morgan fingerprint density at radius 3 is 2.19 bits per heavy atom. The fraction of sp³-hybridized carbons (Fsp3) is 0.160. The smallest absolute Gasteiger partial charge is 0.192 e. The summed E-state index contributed by atoms with van der Waals surface area (Å²) < 4.78 is 12.9. The molecule has 162 valence electrons. The quantitative estimate of drug-likeness (QED) is 0.263. The maximum Gasteiger partial charge on any atom is 0.192 e. The van der Waals surface area contributed by atoms with E-state index in [0.29, 0.717) is 22.3 Å². The summed E-state index contributed by atoms with van der Waals surface area (Å²) in [4.78, 5) is 13.3. The molecule has 0 bridgehead atoms. The Kier molecular flexibility index (Phi) is 6.87. The summed E-state index contributed by atoms with van der Waals surface area (Å²) in [5.41, 5.74) is 1.59. The van der Waals surface area contributed by atoms with Crippen molar-refractivity contribution in [2.24, 2.45) is 7.05 Å². The number of aromatic nitrogens is 3. The number of benzene rings is 3. The largest absolute Gasteiger partial charge is 0.497 e. The van der Waals surface area contributed by atoms with Crippen LogP contribution in [-0.2, 0) is 13.7 Å². The van der Waals surface area contributed by atoms with Gasteiger partial charge < -0.3 is 14.0 Å². The highest BCUT2D eigenvalue weighted by molar-refractivity contribution is 8.00. The molecule has 0 spiro atoms. The summed E-state index contributed by atoms with van der Waals surface area (Å²) in [6.07, 6.45) is 0. The van der Waals surface area contributed by atoms with Gasteiger partial charge in [0.2, 0.25) is 0 Å². The van der Waals surface area contributed by atoms with Crippen molar-refractivity contribution in [2.75, 3.05) is 7.11 Å². The molecule has 1 heterocycles. The zero-order chi connectivity index (χ0) is 22.3. The Hall–Kier alpha value is -3.58. The number of rotatable bonds is 9. The van der Waals surface area contributed by atoms with Crippen LogP contribution in [0.3, 0.4) is 0 Å². The molecule has 4 rings (SSSR count). The molecule has 0 fully saturated rings. The second-order valence-corrected chi connectivity index (χ2v) is 8.13. The highest BCUT2D eigenvalue weighted by atomic mass is 32.2. The van der Waals surface area contributed by atoms with Crippen molar-refractivity contribution >= 4 is 17.5 Å². The molecule has 1 aromatic heterocycles. The van der Waals surface area contributed by atoms with E-state index in [-0.39, 0.29) is 12.4 Å². The second kappa shape index (κ2) is 10.2. The lowest BCUT2D eigenvalue weighted by Gasteiger charge is -2.16. The maximum absolute atomic E-state index is 13.3. The third kappa shape index (κ3) is 5.00. The second-order valence-electron chi connectivity index (χ2n) is 7.06. The minimum atomic E-state index is -0.433. The van der Waals surface area contributed by atoms with E-state index in [1.165, 1.54) is 11.8 Å². The van der Waals surface area contributed by atoms with Crippen LogP contribution in [0.15, 0.2) is 90.1 Å². The molecule has 7 heteroatoms. The van der Waals surface area contributed by atoms with E-state index >= 15 is 0 Å². The molecule has 0 amide bonds. The van der Waals surface area contributed by atoms with Gasteiger partial charge in [0.15, 0.2) is 16.8 Å². The van der Waals surface area contributed by atoms with Gasteiger partial charge in [0, 0.05) is 12.6 Å². The zero-order valence-electron chi connectivity index (χ0n) is 17.8. The van der Waals surface area contributed by atoms with Gasteiger partial charge in [-0.25, -0.2) is 0 Å². The molecule has 4 aromatic rings. The van der Waals surface area contributed by atoms with Gasteiger partial charge in [0.05, 0.1) is 7.11 Å². The molecular weight excluding hydrogens is 422 g/mol. The van der Waals surface area contributed by atoms with Gasteiger partial charge in [0.25, 0.3) is 0 Å². The Morgan fingerprint density at radius 2 is 1.53 bits per heavy atom. The molecule has 0 unspecified atom stereocenters. The third-order valence-electron chi connectivity index (χ3n) is 4.97. The Labute approximate surface area is 191 Å². The van der Waals surface area contributed by atoms with Crippen molar-refractivity contribution in [3.8, 4) is 11.5 Å². The fourth-order valence-electron chi connectivity index (χ4n) is 3.15. The highest BCUT2D eigenvalue weighted by Gasteiger charge is 2.26. The monoisotopic (exact) mass is 445 g/mol. The van der Waals surface area contributed by atoms with Crippen LogP contribution in [0.2, 0.25) is 0 Å². The summed E-state index contributed by atoms with van der Waals surface area (Å²) in [6, 6.07) is 26.4. The van der Waals surface area contributed by atoms with E-state index in [1.54, 1.807) is 7.11 Å². The molecule has 1 atom stereocenters. The molecule has 0 N–H and O–H groups in total. The van der Waals surface area contributed by atoms with Gasteiger partial charge in [-0.2, -0.15) is 0 Å². The molecule has 6 nitrogen and oxygen atoms in total. The van der Waals surface area contributed by atoms with Crippen molar-refractivity contribution in [3.63, 3.8) is 0 Å². The average molecular weight is 446 g/mol. The first-order chi connectivity index (χ1) is 15.7. The Morgan fingerprint density at radius 1 is 0.906 bits per heavy atom. The first-order valence-electron chi connectivity index (χ1n) is 10.1. The molecule has 0 aliphatic heterocycles. The standard InChI is InChI=1S/C25H23N3O3S/c1-28-22(17-31-21-15-13-20(30-2)14-16-21)26-27-25(28)32-24(19-11-7-4-8-12-19)23(29)18-9-5-3-6-10-18/h3-16,24H,17H2,1-2H3/t24-/m0/s1. The van der Waals surface area contributed by atoms with Crippen LogP contribution in [0.1, 0.15) is 27.0 Å². The first-order valence-corrected chi connectivity index (χ1v) is 11.0. The van der Waals surface area contributed by atoms with Gasteiger partial charge in [-0.3, -0.25) is 4.79 Å². The summed E-state index contributed by atoms with van der Waals surface area (Å²) >= 11 is 1.39. The summed E-state index contributed by atoms with van der Waals surface area (Å²) in [5, 5.41) is 8.81. The zero-order valence-corrected chi connectivity index (χ0v) is 18.7. The predicted octanol–water partition coefficient (Wildman–Crippen LogP) is 5.12. The molecule has 32 heavy (non-hydrogen) atoms. The lowest BCUT2D eigenvalue weighted by molar-refractivity contribution is 0.0989. The molecule has 0 saturated carbocycles. The number of hydrogen-bond acceptors (Lipinski definition) is 6. The van der Waals surface area contributed by atoms with Gasteiger partial charge in [0.1, 0.15) is 23.4 Å². The molecule has 0 aliphatic rings. The van der Waals surface area contributed by atoms with Gasteiger partial charge in [-0.1, -0.05) is 72.4 Å². The SMILES string of the molecule is COc1ccc(OCc2nnc(S[C@H](C(=O)c3ccccc3)c3ccccc3)n2C)cc1. The Bertz CT molecular complexity index is 1160. The number of carbonyl (C=O) groups excluding carboxylic acids is 1. The van der Waals surface area contributed by atoms with Gasteiger partial charge in [-0.05, 0) is 29.8 Å². The van der Waals surface area contributed by atoms with Crippen molar-refractivity contribution in [1.82, 2.24) is 14.8 Å². The van der Waals surface area contributed by atoms with E-state index in [1.807, 2.05) is 96.5 Å². The van der Waals surface area contributed by atoms with Crippen molar-refractivity contribution in [1.29, 1.82) is 0 Å². The van der Waals surface area contributed by atoms with Gasteiger partial charge >= 0.3 is 0 Å². The number of nitrogens with zero attached hydrogens (tertiary/aromatic N) is 3. The Balaban J connectivity index is 1.52. The van der Waals surface area contributed by atoms with Crippen molar-refractivity contribution < 1.29 is 14.3 Å². The van der Waals surface area contributed by atoms with Gasteiger partial charge in [-0.15, -0.1) is 10.2 Å². The minimum absolute atomic E-state index is 0.0285. The summed E-state index contributed by atoms with van der Waals surface area (Å²) in [6.45, 7) is 0.263. The lowest BCUT2D eigenvalue weighted by atomic mass is 10.0. The number of carbonyl (C=O) groups is 1. The number of ketones is 1. The first kappa shape index (κ1) is 21.6. The fourth-order valence-corrected chi connectivity index (χ4v) is 4.25. The number of ether oxygens (including phenoxy) is 2. The van der Waals surface area contributed by atoms with Crippen LogP contribution in [-0.4, -0.2) is 27.7 Å². The van der Waals surface area contributed by atoms with E-state index in [4.69, 9.17) is 9.47 Å². The molecule has 0 aliphatic carbocycles. The predicted molar refractivity (Wildman–Crippen MR) is 124 cm³/mol. The maximum atomic E-state index is 13.3. The number of methoxy groups -OCH3 is 1. The summed E-state index contributed by atoms with van der Waals surface area (Å²) in [7, 11) is 3.50. The van der Waals surface area contributed by atoms with Crippen LogP contribution in [0.5, 0.6) is 11.5 Å². The number of Topliss-reactive ketones (excluding diaryl/α,β-unsaturated/α-hetero) is 1. The average Bonchev–Trinajstić information content (AvgIpc) is 3.21. The van der Waals surface area contributed by atoms with Crippen molar-refractivity contribution in [3.05, 3.63) is 102 Å². The minimum Gasteiger partial charge on any atom is -0.497 e. The van der Waals surface area contributed by atoms with Crippen LogP contribution < -0.4 is 9.47 Å². The molecule has 3 aromatic carbocycles. The molecular formula is C25H23N3O3S.